The lowest BCUT2D eigenvalue weighted by Crippen LogP contribution is -2.37. The molecule has 1 fully saturated rings. The Labute approximate surface area is 211 Å². The molecule has 1 saturated heterocycles. The number of nitrogens with two attached hydrogens (primary N) is 1. The van der Waals surface area contributed by atoms with Gasteiger partial charge in [0.05, 0.1) is 0 Å². The van der Waals surface area contributed by atoms with Gasteiger partial charge in [-0.2, -0.15) is 5.10 Å². The summed E-state index contributed by atoms with van der Waals surface area (Å²) in [4.78, 5) is 33.3. The zero-order valence-corrected chi connectivity index (χ0v) is 21.0. The van der Waals surface area contributed by atoms with Crippen LogP contribution in [0.2, 0.25) is 0 Å². The second-order valence-corrected chi connectivity index (χ2v) is 8.94. The molecular formula is C25H37N5O6. The summed E-state index contributed by atoms with van der Waals surface area (Å²) >= 11 is 0. The van der Waals surface area contributed by atoms with E-state index >= 15 is 0 Å². The summed E-state index contributed by atoms with van der Waals surface area (Å²) in [5, 5.41) is 18.1. The average Bonchev–Trinajstić information content (AvgIpc) is 3.17. The third-order valence-corrected chi connectivity index (χ3v) is 6.33. The predicted molar refractivity (Wildman–Crippen MR) is 134 cm³/mol. The molecule has 4 rings (SSSR count). The van der Waals surface area contributed by atoms with Crippen LogP contribution in [0.4, 0.5) is 0 Å². The van der Waals surface area contributed by atoms with E-state index in [0.717, 1.165) is 49.0 Å². The van der Waals surface area contributed by atoms with Gasteiger partial charge in [-0.05, 0) is 31.4 Å². The van der Waals surface area contributed by atoms with E-state index in [1.54, 1.807) is 4.68 Å². The topological polar surface area (TPSA) is 151 Å². The lowest BCUT2D eigenvalue weighted by atomic mass is 10.0. The van der Waals surface area contributed by atoms with Crippen LogP contribution in [0.3, 0.4) is 0 Å². The number of piperidine rings is 1. The number of para-hydroxylation sites is 1. The molecule has 1 amide bonds. The molecule has 36 heavy (non-hydrogen) atoms. The molecule has 11 nitrogen and oxygen atoms in total. The van der Waals surface area contributed by atoms with Crippen LogP contribution in [0.25, 0.3) is 0 Å². The number of amides is 1. The van der Waals surface area contributed by atoms with Gasteiger partial charge < -0.3 is 20.7 Å². The average molecular weight is 504 g/mol. The third-order valence-electron chi connectivity index (χ3n) is 6.33. The highest BCUT2D eigenvalue weighted by molar-refractivity contribution is 5.92. The fourth-order valence-electron chi connectivity index (χ4n) is 4.77. The molecule has 0 bridgehead atoms. The minimum atomic E-state index is -0.454. The number of fused-ring (bicyclic) bond motifs is 1. The summed E-state index contributed by atoms with van der Waals surface area (Å²) in [5.74, 6) is 1.28. The number of primary amides is 1. The Bertz CT molecular complexity index is 989. The van der Waals surface area contributed by atoms with Gasteiger partial charge in [0.2, 0.25) is 0 Å². The van der Waals surface area contributed by atoms with Crippen molar-refractivity contribution in [1.82, 2.24) is 19.6 Å². The molecule has 2 aliphatic heterocycles. The summed E-state index contributed by atoms with van der Waals surface area (Å²) in [7, 11) is 1.88. The molecule has 2 aromatic rings. The van der Waals surface area contributed by atoms with Crippen molar-refractivity contribution in [1.29, 1.82) is 0 Å². The molecular weight excluding hydrogens is 466 g/mol. The summed E-state index contributed by atoms with van der Waals surface area (Å²) in [6, 6.07) is 8.28. The van der Waals surface area contributed by atoms with Gasteiger partial charge in [0.25, 0.3) is 18.9 Å². The van der Waals surface area contributed by atoms with Gasteiger partial charge in [-0.15, -0.1) is 0 Å². The number of rotatable bonds is 7. The lowest BCUT2D eigenvalue weighted by molar-refractivity contribution is -0.123. The number of carbonyl (C=O) groups is 3. The maximum Gasteiger partial charge on any atom is 0.290 e. The van der Waals surface area contributed by atoms with E-state index in [2.05, 4.69) is 40.0 Å². The van der Waals surface area contributed by atoms with Crippen molar-refractivity contribution >= 4 is 18.9 Å². The first kappa shape index (κ1) is 28.8. The lowest BCUT2D eigenvalue weighted by Gasteiger charge is -2.31. The number of hydrogen-bond donors (Lipinski definition) is 3. The highest BCUT2D eigenvalue weighted by Crippen LogP contribution is 2.26. The van der Waals surface area contributed by atoms with Crippen LogP contribution in [0.5, 0.6) is 5.75 Å². The van der Waals surface area contributed by atoms with Crippen molar-refractivity contribution in [3.8, 4) is 5.75 Å². The molecule has 0 aliphatic carbocycles. The minimum Gasteiger partial charge on any atom is -0.492 e. The molecule has 1 aromatic heterocycles. The Morgan fingerprint density at radius 1 is 1.19 bits per heavy atom. The zero-order chi connectivity index (χ0) is 26.5. The fraction of sp³-hybridized carbons (Fsp3) is 0.520. The van der Waals surface area contributed by atoms with E-state index in [1.165, 1.54) is 31.5 Å². The Hall–Kier alpha value is -3.44. The number of nitrogens with zero attached hydrogens (tertiary/aromatic N) is 4. The first-order chi connectivity index (χ1) is 17.3. The first-order valence-corrected chi connectivity index (χ1v) is 12.0. The van der Waals surface area contributed by atoms with Gasteiger partial charge >= 0.3 is 0 Å². The third kappa shape index (κ3) is 8.35. The van der Waals surface area contributed by atoms with Crippen LogP contribution in [-0.2, 0) is 36.1 Å². The number of carboxylic acid groups (broad SMARTS) is 2. The van der Waals surface area contributed by atoms with Crippen molar-refractivity contribution in [2.75, 3.05) is 32.8 Å². The smallest absolute Gasteiger partial charge is 0.290 e. The maximum absolute atomic E-state index is 11.8. The number of aryl methyl sites for hydroxylation is 1. The zero-order valence-electron chi connectivity index (χ0n) is 21.0. The molecule has 3 heterocycles. The van der Waals surface area contributed by atoms with Crippen molar-refractivity contribution in [2.45, 2.75) is 39.3 Å². The quantitative estimate of drug-likeness (QED) is 0.478. The van der Waals surface area contributed by atoms with Crippen molar-refractivity contribution in [3.05, 3.63) is 46.8 Å². The number of benzene rings is 1. The van der Waals surface area contributed by atoms with Gasteiger partial charge in [-0.25, -0.2) is 0 Å². The Morgan fingerprint density at radius 2 is 1.89 bits per heavy atom. The van der Waals surface area contributed by atoms with E-state index in [0.29, 0.717) is 18.8 Å². The molecule has 0 spiro atoms. The number of ether oxygens (including phenoxy) is 1. The molecule has 198 valence electrons. The van der Waals surface area contributed by atoms with E-state index in [1.807, 2.05) is 13.1 Å². The van der Waals surface area contributed by atoms with Crippen LogP contribution < -0.4 is 10.5 Å². The van der Waals surface area contributed by atoms with Crippen molar-refractivity contribution in [2.24, 2.45) is 18.7 Å². The summed E-state index contributed by atoms with van der Waals surface area (Å²) in [5.41, 5.74) is 9.20. The van der Waals surface area contributed by atoms with Gasteiger partial charge in [-0.3, -0.25) is 28.9 Å². The van der Waals surface area contributed by atoms with Crippen molar-refractivity contribution in [3.63, 3.8) is 0 Å². The van der Waals surface area contributed by atoms with Gasteiger partial charge in [-0.1, -0.05) is 25.1 Å². The summed E-state index contributed by atoms with van der Waals surface area (Å²) < 4.78 is 7.99. The number of aromatic nitrogens is 2. The largest absolute Gasteiger partial charge is 0.492 e. The first-order valence-electron chi connectivity index (χ1n) is 12.0. The van der Waals surface area contributed by atoms with Crippen LogP contribution >= 0.6 is 0 Å². The normalized spacial score (nSPS) is 17.4. The predicted octanol–water partition coefficient (Wildman–Crippen LogP) is 1.59. The van der Waals surface area contributed by atoms with Crippen LogP contribution in [-0.4, -0.2) is 81.4 Å². The van der Waals surface area contributed by atoms with Crippen LogP contribution in [0.1, 0.15) is 47.1 Å². The minimum absolute atomic E-state index is 0.250. The molecule has 0 radical (unpaired) electrons. The van der Waals surface area contributed by atoms with Gasteiger partial charge in [0.1, 0.15) is 12.4 Å². The molecule has 4 N–H and O–H groups in total. The standard InChI is InChI=1S/C23H33N5O2.2CH2O2/c1-17-6-5-10-27(14-17)12-13-30-21-8-4-3-7-18(21)15-28-11-9-20-19(16-28)22(23(24)29)25-26(20)2;2*2-1-3/h3-4,7-8,17H,5-6,9-16H2,1-2H3,(H2,24,29);2*1H,(H,2,3). The highest BCUT2D eigenvalue weighted by atomic mass is 16.5. The Morgan fingerprint density at radius 3 is 2.56 bits per heavy atom. The molecule has 1 unspecified atom stereocenters. The second-order valence-electron chi connectivity index (χ2n) is 8.94. The summed E-state index contributed by atoms with van der Waals surface area (Å²) in [6.45, 7) is 8.26. The Balaban J connectivity index is 0.000000693. The number of likely N-dealkylation sites (tertiary alicyclic amines) is 1. The highest BCUT2D eigenvalue weighted by Gasteiger charge is 2.26. The Kier molecular flexibility index (Phi) is 11.9. The molecule has 1 aromatic carbocycles. The van der Waals surface area contributed by atoms with E-state index < -0.39 is 5.91 Å². The molecule has 11 heteroatoms. The van der Waals surface area contributed by atoms with Crippen LogP contribution in [0.15, 0.2) is 24.3 Å². The van der Waals surface area contributed by atoms with E-state index in [-0.39, 0.29) is 12.9 Å². The summed E-state index contributed by atoms with van der Waals surface area (Å²) in [6.07, 6.45) is 3.49. The van der Waals surface area contributed by atoms with E-state index in [9.17, 15) is 4.79 Å². The van der Waals surface area contributed by atoms with Gasteiger partial charge in [0.15, 0.2) is 5.69 Å². The van der Waals surface area contributed by atoms with E-state index in [4.69, 9.17) is 30.3 Å². The number of carbonyl (C=O) groups excluding carboxylic acids is 1. The van der Waals surface area contributed by atoms with Gasteiger partial charge in [0, 0.05) is 63.0 Å². The van der Waals surface area contributed by atoms with Crippen molar-refractivity contribution < 1.29 is 29.3 Å². The molecule has 0 saturated carbocycles. The fourth-order valence-corrected chi connectivity index (χ4v) is 4.77. The SMILES string of the molecule is CC1CCCN(CCOc2ccccc2CN2CCc3c(c(C(N)=O)nn3C)C2)C1.O=CO.O=CO. The number of hydrogen-bond acceptors (Lipinski definition) is 7. The monoisotopic (exact) mass is 503 g/mol. The molecule has 1 atom stereocenters. The van der Waals surface area contributed by atoms with Crippen LogP contribution in [0, 0.1) is 5.92 Å². The second kappa shape index (κ2) is 14.8. The maximum atomic E-state index is 11.8. The molecule has 2 aliphatic rings.